The third-order valence-electron chi connectivity index (χ3n) is 3.25. The molecule has 0 radical (unpaired) electrons. The molecular formula is C13H17BrFNO. The van der Waals surface area contributed by atoms with Crippen LogP contribution >= 0.6 is 15.9 Å². The second kappa shape index (κ2) is 5.83. The van der Waals surface area contributed by atoms with Crippen molar-refractivity contribution in [2.24, 2.45) is 0 Å². The Labute approximate surface area is 110 Å². The van der Waals surface area contributed by atoms with Gasteiger partial charge in [0.1, 0.15) is 5.82 Å². The van der Waals surface area contributed by atoms with Crippen molar-refractivity contribution in [1.29, 1.82) is 0 Å². The largest absolute Gasteiger partial charge is 0.381 e. The molecule has 2 rings (SSSR count). The predicted octanol–water partition coefficient (Wildman–Crippen LogP) is 3.96. The molecule has 0 saturated heterocycles. The van der Waals surface area contributed by atoms with Crippen LogP contribution in [-0.4, -0.2) is 19.3 Å². The van der Waals surface area contributed by atoms with E-state index >= 15 is 0 Å². The van der Waals surface area contributed by atoms with Crippen LogP contribution in [0.1, 0.15) is 25.7 Å². The molecule has 1 saturated carbocycles. The van der Waals surface area contributed by atoms with Gasteiger partial charge in [0.25, 0.3) is 0 Å². The van der Waals surface area contributed by atoms with Gasteiger partial charge in [0.15, 0.2) is 0 Å². The summed E-state index contributed by atoms with van der Waals surface area (Å²) in [7, 11) is 1.74. The molecule has 0 heterocycles. The molecule has 1 fully saturated rings. The van der Waals surface area contributed by atoms with Crippen LogP contribution in [0.5, 0.6) is 0 Å². The highest BCUT2D eigenvalue weighted by Crippen LogP contribution is 2.26. The Hall–Kier alpha value is -0.610. The summed E-state index contributed by atoms with van der Waals surface area (Å²) in [4.78, 5) is 0. The molecule has 94 valence electrons. The molecule has 2 nitrogen and oxygen atoms in total. The number of anilines is 1. The molecule has 1 aliphatic rings. The maximum absolute atomic E-state index is 13.7. The Morgan fingerprint density at radius 2 is 2.24 bits per heavy atom. The standard InChI is InChI=1S/C13H17BrFNO/c1-17-11-4-2-3-10(8-11)16-13-6-5-9(14)7-12(13)15/h5-7,10-11,16H,2-4,8H2,1H3. The van der Waals surface area contributed by atoms with Crippen LogP contribution < -0.4 is 5.32 Å². The molecule has 2 unspecified atom stereocenters. The highest BCUT2D eigenvalue weighted by atomic mass is 79.9. The molecule has 1 aliphatic carbocycles. The van der Waals surface area contributed by atoms with Crippen molar-refractivity contribution in [1.82, 2.24) is 0 Å². The summed E-state index contributed by atoms with van der Waals surface area (Å²) in [6.45, 7) is 0. The van der Waals surface area contributed by atoms with Crippen LogP contribution in [0.2, 0.25) is 0 Å². The zero-order chi connectivity index (χ0) is 12.3. The molecular weight excluding hydrogens is 285 g/mol. The monoisotopic (exact) mass is 301 g/mol. The maximum atomic E-state index is 13.7. The third kappa shape index (κ3) is 3.42. The number of rotatable bonds is 3. The number of halogens is 2. The quantitative estimate of drug-likeness (QED) is 0.912. The fourth-order valence-electron chi connectivity index (χ4n) is 2.32. The van der Waals surface area contributed by atoms with E-state index in [1.807, 2.05) is 6.07 Å². The SMILES string of the molecule is COC1CCCC(Nc2ccc(Br)cc2F)C1. The fraction of sp³-hybridized carbons (Fsp3) is 0.538. The predicted molar refractivity (Wildman–Crippen MR) is 70.8 cm³/mol. The second-order valence-electron chi connectivity index (χ2n) is 4.49. The highest BCUT2D eigenvalue weighted by molar-refractivity contribution is 9.10. The number of benzene rings is 1. The first-order valence-corrected chi connectivity index (χ1v) is 6.72. The molecule has 1 aromatic carbocycles. The smallest absolute Gasteiger partial charge is 0.147 e. The summed E-state index contributed by atoms with van der Waals surface area (Å²) in [6, 6.07) is 5.42. The number of ether oxygens (including phenoxy) is 1. The summed E-state index contributed by atoms with van der Waals surface area (Å²) in [6.07, 6.45) is 4.58. The zero-order valence-corrected chi connectivity index (χ0v) is 11.5. The first-order valence-electron chi connectivity index (χ1n) is 5.93. The number of nitrogens with one attached hydrogen (secondary N) is 1. The molecule has 2 atom stereocenters. The number of hydrogen-bond donors (Lipinski definition) is 1. The molecule has 0 amide bonds. The lowest BCUT2D eigenvalue weighted by Gasteiger charge is -2.29. The van der Waals surface area contributed by atoms with Crippen LogP contribution in [0.25, 0.3) is 0 Å². The van der Waals surface area contributed by atoms with E-state index < -0.39 is 0 Å². The summed E-state index contributed by atoms with van der Waals surface area (Å²) in [5, 5.41) is 3.26. The van der Waals surface area contributed by atoms with E-state index in [9.17, 15) is 4.39 Å². The van der Waals surface area contributed by atoms with Crippen molar-refractivity contribution < 1.29 is 9.13 Å². The number of hydrogen-bond acceptors (Lipinski definition) is 2. The molecule has 0 spiro atoms. The van der Waals surface area contributed by atoms with Crippen LogP contribution in [0.3, 0.4) is 0 Å². The van der Waals surface area contributed by atoms with Gasteiger partial charge in [-0.25, -0.2) is 4.39 Å². The van der Waals surface area contributed by atoms with Gasteiger partial charge < -0.3 is 10.1 Å². The van der Waals surface area contributed by atoms with E-state index in [-0.39, 0.29) is 5.82 Å². The fourth-order valence-corrected chi connectivity index (χ4v) is 2.65. The van der Waals surface area contributed by atoms with Crippen molar-refractivity contribution in [3.8, 4) is 0 Å². The van der Waals surface area contributed by atoms with Crippen molar-refractivity contribution in [2.45, 2.75) is 37.8 Å². The summed E-state index contributed by atoms with van der Waals surface area (Å²) in [5.41, 5.74) is 0.579. The topological polar surface area (TPSA) is 21.3 Å². The zero-order valence-electron chi connectivity index (χ0n) is 9.88. The van der Waals surface area contributed by atoms with Crippen molar-refractivity contribution in [2.75, 3.05) is 12.4 Å². The van der Waals surface area contributed by atoms with Crippen LogP contribution in [-0.2, 0) is 4.74 Å². The average Bonchev–Trinajstić information content (AvgIpc) is 2.33. The minimum atomic E-state index is -0.209. The molecule has 0 aromatic heterocycles. The molecule has 1 N–H and O–H groups in total. The second-order valence-corrected chi connectivity index (χ2v) is 5.41. The minimum absolute atomic E-state index is 0.209. The molecule has 1 aromatic rings. The van der Waals surface area contributed by atoms with Crippen molar-refractivity contribution in [3.63, 3.8) is 0 Å². The number of methoxy groups -OCH3 is 1. The molecule has 0 aliphatic heterocycles. The third-order valence-corrected chi connectivity index (χ3v) is 3.74. The Balaban J connectivity index is 2.00. The van der Waals surface area contributed by atoms with E-state index in [0.717, 1.165) is 30.2 Å². The summed E-state index contributed by atoms with van der Waals surface area (Å²) >= 11 is 3.25. The highest BCUT2D eigenvalue weighted by Gasteiger charge is 2.22. The first kappa shape index (κ1) is 12.8. The molecule has 0 bridgehead atoms. The van der Waals surface area contributed by atoms with E-state index in [1.165, 1.54) is 6.07 Å². The van der Waals surface area contributed by atoms with Crippen molar-refractivity contribution in [3.05, 3.63) is 28.5 Å². The lowest BCUT2D eigenvalue weighted by atomic mass is 9.92. The minimum Gasteiger partial charge on any atom is -0.381 e. The van der Waals surface area contributed by atoms with Gasteiger partial charge in [-0.3, -0.25) is 0 Å². The maximum Gasteiger partial charge on any atom is 0.147 e. The van der Waals surface area contributed by atoms with Crippen molar-refractivity contribution >= 4 is 21.6 Å². The Morgan fingerprint density at radius 3 is 2.94 bits per heavy atom. The van der Waals surface area contributed by atoms with Crippen LogP contribution in [0.4, 0.5) is 10.1 Å². The van der Waals surface area contributed by atoms with E-state index in [4.69, 9.17) is 4.74 Å². The van der Waals surface area contributed by atoms with Crippen LogP contribution in [0.15, 0.2) is 22.7 Å². The van der Waals surface area contributed by atoms with Gasteiger partial charge in [0.2, 0.25) is 0 Å². The average molecular weight is 302 g/mol. The lowest BCUT2D eigenvalue weighted by Crippen LogP contribution is -2.31. The molecule has 17 heavy (non-hydrogen) atoms. The lowest BCUT2D eigenvalue weighted by molar-refractivity contribution is 0.0669. The molecule has 4 heteroatoms. The van der Waals surface area contributed by atoms with Crippen LogP contribution in [0, 0.1) is 5.82 Å². The van der Waals surface area contributed by atoms with Gasteiger partial charge in [0, 0.05) is 17.6 Å². The van der Waals surface area contributed by atoms with Gasteiger partial charge >= 0.3 is 0 Å². The Morgan fingerprint density at radius 1 is 1.41 bits per heavy atom. The summed E-state index contributed by atoms with van der Waals surface area (Å²) < 4.78 is 19.8. The van der Waals surface area contributed by atoms with Gasteiger partial charge in [0.05, 0.1) is 11.8 Å². The van der Waals surface area contributed by atoms with Gasteiger partial charge in [-0.15, -0.1) is 0 Å². The van der Waals surface area contributed by atoms with Gasteiger partial charge in [-0.2, -0.15) is 0 Å². The van der Waals surface area contributed by atoms with E-state index in [2.05, 4.69) is 21.2 Å². The Kier molecular flexibility index (Phi) is 4.40. The van der Waals surface area contributed by atoms with Gasteiger partial charge in [-0.1, -0.05) is 15.9 Å². The normalized spacial score (nSPS) is 24.6. The van der Waals surface area contributed by atoms with E-state index in [1.54, 1.807) is 13.2 Å². The van der Waals surface area contributed by atoms with E-state index in [0.29, 0.717) is 17.8 Å². The first-order chi connectivity index (χ1) is 8.19. The summed E-state index contributed by atoms with van der Waals surface area (Å²) in [5.74, 6) is -0.209. The Bertz CT molecular complexity index is 386. The van der Waals surface area contributed by atoms with Gasteiger partial charge in [-0.05, 0) is 43.9 Å².